The molecule has 0 atom stereocenters. The van der Waals surface area contributed by atoms with Crippen LogP contribution >= 0.6 is 11.6 Å². The number of aromatic nitrogens is 3. The number of pyridine rings is 1. The Bertz CT molecular complexity index is 597. The number of rotatable bonds is 5. The molecule has 0 aliphatic heterocycles. The molecule has 0 unspecified atom stereocenters. The topological polar surface area (TPSA) is 80.0 Å². The highest BCUT2D eigenvalue weighted by molar-refractivity contribution is 6.35. The molecule has 2 aromatic rings. The fourth-order valence-corrected chi connectivity index (χ4v) is 1.92. The second-order valence-electron chi connectivity index (χ2n) is 4.03. The van der Waals surface area contributed by atoms with Crippen LogP contribution in [0.15, 0.2) is 24.7 Å². The van der Waals surface area contributed by atoms with Gasteiger partial charge in [-0.2, -0.15) is 5.10 Å². The highest BCUT2D eigenvalue weighted by atomic mass is 35.5. The molecule has 0 saturated carbocycles. The maximum absolute atomic E-state index is 10.9. The van der Waals surface area contributed by atoms with E-state index in [1.807, 2.05) is 13.2 Å². The number of carboxylic acids is 1. The van der Waals surface area contributed by atoms with E-state index >= 15 is 0 Å². The summed E-state index contributed by atoms with van der Waals surface area (Å²) in [5.74, 6) is -0.687. The summed E-state index contributed by atoms with van der Waals surface area (Å²) in [6.45, 7) is 0.599. The molecule has 0 bridgehead atoms. The van der Waals surface area contributed by atoms with Crippen molar-refractivity contribution in [3.8, 4) is 0 Å². The van der Waals surface area contributed by atoms with Crippen molar-refractivity contribution in [3.63, 3.8) is 0 Å². The standard InChI is InChI=1S/C12H13ClN4O2/c1-17-7-8(6-16-17)2-4-14-11-10(13)9(12(18)19)3-5-15-11/h3,5-7H,2,4H2,1H3,(H,14,15)(H,18,19). The van der Waals surface area contributed by atoms with E-state index in [-0.39, 0.29) is 10.6 Å². The number of carbonyl (C=O) groups is 1. The number of aromatic carboxylic acids is 1. The van der Waals surface area contributed by atoms with Crippen molar-refractivity contribution in [2.24, 2.45) is 7.05 Å². The maximum atomic E-state index is 10.9. The van der Waals surface area contributed by atoms with Crippen molar-refractivity contribution in [1.29, 1.82) is 0 Å². The van der Waals surface area contributed by atoms with Crippen molar-refractivity contribution in [2.75, 3.05) is 11.9 Å². The van der Waals surface area contributed by atoms with Crippen LogP contribution in [0.1, 0.15) is 15.9 Å². The third-order valence-corrected chi connectivity index (χ3v) is 2.97. The lowest BCUT2D eigenvalue weighted by Gasteiger charge is -2.08. The number of anilines is 1. The summed E-state index contributed by atoms with van der Waals surface area (Å²) in [5, 5.41) is 16.2. The largest absolute Gasteiger partial charge is 0.478 e. The molecule has 2 aromatic heterocycles. The highest BCUT2D eigenvalue weighted by Crippen LogP contribution is 2.23. The number of aryl methyl sites for hydroxylation is 1. The van der Waals surface area contributed by atoms with Gasteiger partial charge in [-0.15, -0.1) is 0 Å². The first-order valence-corrected chi connectivity index (χ1v) is 6.05. The molecule has 19 heavy (non-hydrogen) atoms. The van der Waals surface area contributed by atoms with Gasteiger partial charge in [0.15, 0.2) is 0 Å². The molecule has 0 spiro atoms. The zero-order valence-electron chi connectivity index (χ0n) is 10.3. The zero-order chi connectivity index (χ0) is 13.8. The van der Waals surface area contributed by atoms with Gasteiger partial charge in [0.05, 0.1) is 16.8 Å². The molecule has 2 heterocycles. The molecule has 6 nitrogen and oxygen atoms in total. The summed E-state index contributed by atoms with van der Waals surface area (Å²) < 4.78 is 1.73. The molecule has 0 aliphatic rings. The Morgan fingerprint density at radius 3 is 3.00 bits per heavy atom. The Labute approximate surface area is 115 Å². The second-order valence-corrected chi connectivity index (χ2v) is 4.40. The fourth-order valence-electron chi connectivity index (χ4n) is 1.66. The van der Waals surface area contributed by atoms with Gasteiger partial charge in [-0.05, 0) is 18.1 Å². The van der Waals surface area contributed by atoms with Crippen LogP contribution in [-0.4, -0.2) is 32.4 Å². The summed E-state index contributed by atoms with van der Waals surface area (Å²) in [4.78, 5) is 15.0. The summed E-state index contributed by atoms with van der Waals surface area (Å²) in [7, 11) is 1.85. The van der Waals surface area contributed by atoms with Crippen molar-refractivity contribution in [2.45, 2.75) is 6.42 Å². The highest BCUT2D eigenvalue weighted by Gasteiger charge is 2.12. The summed E-state index contributed by atoms with van der Waals surface area (Å²) >= 11 is 5.97. The van der Waals surface area contributed by atoms with Gasteiger partial charge in [0.1, 0.15) is 5.82 Å². The van der Waals surface area contributed by atoms with Crippen molar-refractivity contribution >= 4 is 23.4 Å². The quantitative estimate of drug-likeness (QED) is 0.873. The minimum absolute atomic E-state index is 0.0422. The number of nitrogens with one attached hydrogen (secondary N) is 1. The van der Waals surface area contributed by atoms with Gasteiger partial charge in [0, 0.05) is 26.0 Å². The molecule has 0 aromatic carbocycles. The average Bonchev–Trinajstić information content (AvgIpc) is 2.77. The smallest absolute Gasteiger partial charge is 0.337 e. The van der Waals surface area contributed by atoms with Crippen LogP contribution in [0.4, 0.5) is 5.82 Å². The molecular weight excluding hydrogens is 268 g/mol. The average molecular weight is 281 g/mol. The molecule has 2 N–H and O–H groups in total. The minimum Gasteiger partial charge on any atom is -0.478 e. The molecular formula is C12H13ClN4O2. The first kappa shape index (κ1) is 13.4. The number of hydrogen-bond donors (Lipinski definition) is 2. The molecule has 2 rings (SSSR count). The van der Waals surface area contributed by atoms with E-state index in [9.17, 15) is 4.79 Å². The number of halogens is 1. The molecule has 0 saturated heterocycles. The van der Waals surface area contributed by atoms with Gasteiger partial charge in [0.2, 0.25) is 0 Å². The molecule has 7 heteroatoms. The third-order valence-electron chi connectivity index (χ3n) is 2.58. The molecule has 100 valence electrons. The lowest BCUT2D eigenvalue weighted by molar-refractivity contribution is 0.0697. The van der Waals surface area contributed by atoms with E-state index in [2.05, 4.69) is 15.4 Å². The zero-order valence-corrected chi connectivity index (χ0v) is 11.1. The van der Waals surface area contributed by atoms with Crippen molar-refractivity contribution in [1.82, 2.24) is 14.8 Å². The van der Waals surface area contributed by atoms with Gasteiger partial charge < -0.3 is 10.4 Å². The van der Waals surface area contributed by atoms with E-state index in [0.717, 1.165) is 12.0 Å². The van der Waals surface area contributed by atoms with Crippen LogP contribution in [0, 0.1) is 0 Å². The maximum Gasteiger partial charge on any atom is 0.337 e. The number of hydrogen-bond acceptors (Lipinski definition) is 4. The van der Waals surface area contributed by atoms with Gasteiger partial charge >= 0.3 is 5.97 Å². The predicted octanol–water partition coefficient (Wildman–Crippen LogP) is 1.82. The van der Waals surface area contributed by atoms with Crippen LogP contribution in [0.3, 0.4) is 0 Å². The monoisotopic (exact) mass is 280 g/mol. The Hall–Kier alpha value is -2.08. The Kier molecular flexibility index (Phi) is 4.01. The summed E-state index contributed by atoms with van der Waals surface area (Å²) in [6, 6.07) is 1.37. The normalized spacial score (nSPS) is 10.4. The lowest BCUT2D eigenvalue weighted by atomic mass is 10.2. The van der Waals surface area contributed by atoms with Gasteiger partial charge in [0.25, 0.3) is 0 Å². The number of nitrogens with zero attached hydrogens (tertiary/aromatic N) is 3. The Morgan fingerprint density at radius 2 is 2.37 bits per heavy atom. The van der Waals surface area contributed by atoms with E-state index < -0.39 is 5.97 Å². The van der Waals surface area contributed by atoms with Crippen LogP contribution in [-0.2, 0) is 13.5 Å². The second kappa shape index (κ2) is 5.71. The molecule has 0 aliphatic carbocycles. The van der Waals surface area contributed by atoms with E-state index in [1.165, 1.54) is 12.3 Å². The van der Waals surface area contributed by atoms with Gasteiger partial charge in [-0.1, -0.05) is 11.6 Å². The van der Waals surface area contributed by atoms with Crippen LogP contribution in [0.2, 0.25) is 5.02 Å². The fraction of sp³-hybridized carbons (Fsp3) is 0.250. The lowest BCUT2D eigenvalue weighted by Crippen LogP contribution is -2.08. The number of carboxylic acid groups (broad SMARTS) is 1. The predicted molar refractivity (Wildman–Crippen MR) is 71.6 cm³/mol. The van der Waals surface area contributed by atoms with Crippen LogP contribution in [0.5, 0.6) is 0 Å². The SMILES string of the molecule is Cn1cc(CCNc2nccc(C(=O)O)c2Cl)cn1. The Morgan fingerprint density at radius 1 is 1.58 bits per heavy atom. The Balaban J connectivity index is 2.00. The first-order valence-electron chi connectivity index (χ1n) is 5.67. The molecule has 0 amide bonds. The van der Waals surface area contributed by atoms with Gasteiger partial charge in [-0.3, -0.25) is 4.68 Å². The summed E-state index contributed by atoms with van der Waals surface area (Å²) in [5.41, 5.74) is 1.13. The first-order chi connectivity index (χ1) is 9.08. The molecule has 0 fully saturated rings. The third kappa shape index (κ3) is 3.23. The van der Waals surface area contributed by atoms with Gasteiger partial charge in [-0.25, -0.2) is 9.78 Å². The van der Waals surface area contributed by atoms with Crippen molar-refractivity contribution in [3.05, 3.63) is 40.8 Å². The van der Waals surface area contributed by atoms with Crippen LogP contribution in [0.25, 0.3) is 0 Å². The summed E-state index contributed by atoms with van der Waals surface area (Å²) in [6.07, 6.45) is 5.87. The van der Waals surface area contributed by atoms with E-state index in [0.29, 0.717) is 12.4 Å². The molecule has 0 radical (unpaired) electrons. The van der Waals surface area contributed by atoms with E-state index in [4.69, 9.17) is 16.7 Å². The van der Waals surface area contributed by atoms with Crippen LogP contribution < -0.4 is 5.32 Å². The minimum atomic E-state index is -1.07. The van der Waals surface area contributed by atoms with E-state index in [1.54, 1.807) is 10.9 Å². The van der Waals surface area contributed by atoms with Crippen molar-refractivity contribution < 1.29 is 9.90 Å².